The second-order valence-corrected chi connectivity index (χ2v) is 3.94. The Labute approximate surface area is 115 Å². The van der Waals surface area contributed by atoms with Gasteiger partial charge in [-0.15, -0.1) is 6.42 Å². The Bertz CT molecular complexity index is 620. The van der Waals surface area contributed by atoms with Crippen molar-refractivity contribution in [3.63, 3.8) is 0 Å². The standard InChI is InChI=1S/C15H9ClFO2/c1-2-9-18-14-5-3-4-6-15(14)19-13-8-7-11(17)10-12(13)16/h1,3-6,8,10H,9H2. The van der Waals surface area contributed by atoms with E-state index in [1.165, 1.54) is 6.07 Å². The van der Waals surface area contributed by atoms with Gasteiger partial charge in [0, 0.05) is 6.07 Å². The average molecular weight is 276 g/mol. The second kappa shape index (κ2) is 6.12. The van der Waals surface area contributed by atoms with Crippen molar-refractivity contribution in [1.29, 1.82) is 0 Å². The number of hydrogen-bond donors (Lipinski definition) is 0. The van der Waals surface area contributed by atoms with Crippen molar-refractivity contribution in [2.75, 3.05) is 6.61 Å². The summed E-state index contributed by atoms with van der Waals surface area (Å²) in [6, 6.07) is 11.8. The third kappa shape index (κ3) is 3.40. The molecule has 2 aromatic rings. The minimum Gasteiger partial charge on any atom is -0.477 e. The van der Waals surface area contributed by atoms with Gasteiger partial charge in [-0.3, -0.25) is 0 Å². The first-order valence-electron chi connectivity index (χ1n) is 5.40. The highest BCUT2D eigenvalue weighted by Gasteiger charge is 2.09. The highest BCUT2D eigenvalue weighted by atomic mass is 35.5. The number of halogens is 2. The SMILES string of the molecule is C#CCOc1ccccc1Oc1c[c]c(F)cc1Cl. The average Bonchev–Trinajstić information content (AvgIpc) is 2.41. The molecule has 0 fully saturated rings. The van der Waals surface area contributed by atoms with E-state index in [0.717, 1.165) is 6.07 Å². The molecule has 2 aromatic carbocycles. The third-order valence-corrected chi connectivity index (χ3v) is 2.51. The summed E-state index contributed by atoms with van der Waals surface area (Å²) in [4.78, 5) is 0. The first kappa shape index (κ1) is 13.3. The molecule has 0 bridgehead atoms. The molecule has 0 aromatic heterocycles. The topological polar surface area (TPSA) is 18.5 Å². The van der Waals surface area contributed by atoms with Crippen LogP contribution in [0.3, 0.4) is 0 Å². The van der Waals surface area contributed by atoms with E-state index in [4.69, 9.17) is 27.5 Å². The van der Waals surface area contributed by atoms with Crippen LogP contribution in [0.5, 0.6) is 17.2 Å². The lowest BCUT2D eigenvalue weighted by molar-refractivity contribution is 0.346. The summed E-state index contributed by atoms with van der Waals surface area (Å²) in [6.45, 7) is 0.129. The van der Waals surface area contributed by atoms with E-state index in [9.17, 15) is 4.39 Å². The van der Waals surface area contributed by atoms with Gasteiger partial charge in [-0.05, 0) is 24.3 Å². The summed E-state index contributed by atoms with van der Waals surface area (Å²) in [6.07, 6.45) is 5.14. The third-order valence-electron chi connectivity index (χ3n) is 2.21. The number of benzene rings is 2. The molecule has 0 saturated heterocycles. The van der Waals surface area contributed by atoms with Crippen molar-refractivity contribution in [1.82, 2.24) is 0 Å². The van der Waals surface area contributed by atoms with Crippen molar-refractivity contribution < 1.29 is 13.9 Å². The molecule has 0 aliphatic rings. The maximum absolute atomic E-state index is 12.9. The van der Waals surface area contributed by atoms with Crippen molar-refractivity contribution in [3.8, 4) is 29.6 Å². The van der Waals surface area contributed by atoms with E-state index in [1.807, 2.05) is 0 Å². The predicted octanol–water partition coefficient (Wildman–Crippen LogP) is 4.08. The number of terminal acetylenes is 1. The summed E-state index contributed by atoms with van der Waals surface area (Å²) in [5, 5.41) is 0.156. The van der Waals surface area contributed by atoms with Crippen LogP contribution in [0, 0.1) is 24.2 Å². The van der Waals surface area contributed by atoms with Crippen molar-refractivity contribution in [2.24, 2.45) is 0 Å². The summed E-state index contributed by atoms with van der Waals surface area (Å²) >= 11 is 5.88. The largest absolute Gasteiger partial charge is 0.477 e. The Morgan fingerprint density at radius 2 is 2.00 bits per heavy atom. The summed E-state index contributed by atoms with van der Waals surface area (Å²) in [7, 11) is 0. The molecule has 0 saturated carbocycles. The highest BCUT2D eigenvalue weighted by molar-refractivity contribution is 6.32. The molecule has 0 N–H and O–H groups in total. The van der Waals surface area contributed by atoms with Gasteiger partial charge in [0.25, 0.3) is 0 Å². The molecule has 2 rings (SSSR count). The minimum atomic E-state index is -0.547. The van der Waals surface area contributed by atoms with Crippen molar-refractivity contribution in [2.45, 2.75) is 0 Å². The number of ether oxygens (including phenoxy) is 2. The first-order chi connectivity index (χ1) is 9.20. The van der Waals surface area contributed by atoms with E-state index in [-0.39, 0.29) is 11.6 Å². The van der Waals surface area contributed by atoms with Gasteiger partial charge in [0.2, 0.25) is 0 Å². The lowest BCUT2D eigenvalue weighted by Crippen LogP contribution is -1.96. The van der Waals surface area contributed by atoms with Crippen LogP contribution in [0.4, 0.5) is 4.39 Å². The van der Waals surface area contributed by atoms with Crippen molar-refractivity contribution >= 4 is 11.6 Å². The zero-order valence-corrected chi connectivity index (χ0v) is 10.6. The molecule has 2 nitrogen and oxygen atoms in total. The molecule has 0 aliphatic heterocycles. The second-order valence-electron chi connectivity index (χ2n) is 3.53. The molecule has 4 heteroatoms. The number of rotatable bonds is 4. The zero-order chi connectivity index (χ0) is 13.7. The maximum Gasteiger partial charge on any atom is 0.169 e. The number of para-hydroxylation sites is 2. The smallest absolute Gasteiger partial charge is 0.169 e. The molecule has 0 spiro atoms. The van der Waals surface area contributed by atoms with Gasteiger partial charge in [-0.1, -0.05) is 29.7 Å². The molecule has 19 heavy (non-hydrogen) atoms. The quantitative estimate of drug-likeness (QED) is 0.783. The first-order valence-corrected chi connectivity index (χ1v) is 5.78. The van der Waals surface area contributed by atoms with Gasteiger partial charge in [0.05, 0.1) is 5.02 Å². The molecular weight excluding hydrogens is 267 g/mol. The van der Waals surface area contributed by atoms with E-state index in [2.05, 4.69) is 12.0 Å². The van der Waals surface area contributed by atoms with Gasteiger partial charge in [-0.2, -0.15) is 0 Å². The van der Waals surface area contributed by atoms with E-state index in [1.54, 1.807) is 24.3 Å². The fourth-order valence-electron chi connectivity index (χ4n) is 1.40. The Morgan fingerprint density at radius 3 is 2.68 bits per heavy atom. The lowest BCUT2D eigenvalue weighted by atomic mass is 10.3. The van der Waals surface area contributed by atoms with Crippen LogP contribution in [0.1, 0.15) is 0 Å². The molecule has 1 radical (unpaired) electrons. The molecule has 0 unspecified atom stereocenters. The zero-order valence-electron chi connectivity index (χ0n) is 9.82. The van der Waals surface area contributed by atoms with Crippen LogP contribution < -0.4 is 9.47 Å². The Kier molecular flexibility index (Phi) is 4.27. The predicted molar refractivity (Wildman–Crippen MR) is 71.1 cm³/mol. The molecule has 0 aliphatic carbocycles. The van der Waals surface area contributed by atoms with Gasteiger partial charge in [0.15, 0.2) is 11.5 Å². The lowest BCUT2D eigenvalue weighted by Gasteiger charge is -2.11. The Hall–Kier alpha value is -2.18. The highest BCUT2D eigenvalue weighted by Crippen LogP contribution is 2.34. The molecular formula is C15H9ClFO2. The molecule has 0 atom stereocenters. The Balaban J connectivity index is 2.25. The number of hydrogen-bond acceptors (Lipinski definition) is 2. The van der Waals surface area contributed by atoms with Crippen LogP contribution in [-0.2, 0) is 0 Å². The van der Waals surface area contributed by atoms with E-state index < -0.39 is 5.82 Å². The van der Waals surface area contributed by atoms with Gasteiger partial charge in [0.1, 0.15) is 18.2 Å². The monoisotopic (exact) mass is 275 g/mol. The Morgan fingerprint density at radius 1 is 1.26 bits per heavy atom. The fraction of sp³-hybridized carbons (Fsp3) is 0.0667. The van der Waals surface area contributed by atoms with Crippen LogP contribution >= 0.6 is 11.6 Å². The van der Waals surface area contributed by atoms with Crippen LogP contribution in [0.15, 0.2) is 36.4 Å². The van der Waals surface area contributed by atoms with E-state index in [0.29, 0.717) is 17.2 Å². The summed E-state index contributed by atoms with van der Waals surface area (Å²) < 4.78 is 23.8. The summed E-state index contributed by atoms with van der Waals surface area (Å²) in [5.74, 6) is 3.04. The normalized spacial score (nSPS) is 9.74. The van der Waals surface area contributed by atoms with Crippen molar-refractivity contribution in [3.05, 3.63) is 53.3 Å². The maximum atomic E-state index is 12.9. The van der Waals surface area contributed by atoms with E-state index >= 15 is 0 Å². The fourth-order valence-corrected chi connectivity index (χ4v) is 1.59. The van der Waals surface area contributed by atoms with Crippen LogP contribution in [0.25, 0.3) is 0 Å². The summed E-state index contributed by atoms with van der Waals surface area (Å²) in [5.41, 5.74) is 0. The molecule has 0 amide bonds. The molecule has 0 heterocycles. The van der Waals surface area contributed by atoms with Gasteiger partial charge >= 0.3 is 0 Å². The van der Waals surface area contributed by atoms with Crippen LogP contribution in [0.2, 0.25) is 5.02 Å². The van der Waals surface area contributed by atoms with Crippen LogP contribution in [-0.4, -0.2) is 6.61 Å². The minimum absolute atomic E-state index is 0.129. The molecule has 95 valence electrons. The van der Waals surface area contributed by atoms with Gasteiger partial charge in [-0.25, -0.2) is 4.39 Å². The van der Waals surface area contributed by atoms with Gasteiger partial charge < -0.3 is 9.47 Å².